The van der Waals surface area contributed by atoms with E-state index in [9.17, 15) is 19.8 Å². The highest BCUT2D eigenvalue weighted by Crippen LogP contribution is 2.16. The van der Waals surface area contributed by atoms with Crippen LogP contribution in [0, 0.1) is 0 Å². The third-order valence-corrected chi connectivity index (χ3v) is 10.1. The Balaban J connectivity index is 4.63. The number of ether oxygens (including phenoxy) is 1. The van der Waals surface area contributed by atoms with Crippen molar-refractivity contribution >= 4 is 11.9 Å². The summed E-state index contributed by atoms with van der Waals surface area (Å²) in [7, 11) is 0. The maximum absolute atomic E-state index is 13.1. The number of esters is 1. The maximum atomic E-state index is 13.1. The monoisotopic (exact) mass is 770 g/mol. The number of amides is 1. The number of aliphatic hydroxyl groups is 2. The van der Waals surface area contributed by atoms with Crippen LogP contribution in [-0.4, -0.2) is 46.9 Å². The third-order valence-electron chi connectivity index (χ3n) is 10.1. The van der Waals surface area contributed by atoms with Crippen molar-refractivity contribution in [3.05, 3.63) is 60.8 Å². The maximum Gasteiger partial charge on any atom is 0.306 e. The van der Waals surface area contributed by atoms with E-state index in [4.69, 9.17) is 4.74 Å². The summed E-state index contributed by atoms with van der Waals surface area (Å²) in [5.41, 5.74) is 0. The number of aliphatic hydroxyl groups excluding tert-OH is 2. The normalized spacial score (nSPS) is 13.9. The van der Waals surface area contributed by atoms with E-state index in [-0.39, 0.29) is 24.9 Å². The molecule has 6 heteroatoms. The lowest BCUT2D eigenvalue weighted by Crippen LogP contribution is -2.46. The Kier molecular flexibility index (Phi) is 40.8. The van der Waals surface area contributed by atoms with Gasteiger partial charge in [-0.2, -0.15) is 0 Å². The summed E-state index contributed by atoms with van der Waals surface area (Å²) >= 11 is 0. The van der Waals surface area contributed by atoms with Gasteiger partial charge in [-0.1, -0.05) is 171 Å². The van der Waals surface area contributed by atoms with Gasteiger partial charge in [-0.3, -0.25) is 9.59 Å². The summed E-state index contributed by atoms with van der Waals surface area (Å²) in [6.07, 6.45) is 51.4. The lowest BCUT2D eigenvalue weighted by Gasteiger charge is -2.24. The molecule has 0 saturated carbocycles. The molecular weight excluding hydrogens is 683 g/mol. The molecule has 3 unspecified atom stereocenters. The summed E-state index contributed by atoms with van der Waals surface area (Å²) in [5, 5.41) is 23.6. The molecule has 3 atom stereocenters. The third kappa shape index (κ3) is 38.2. The molecule has 0 aromatic rings. The van der Waals surface area contributed by atoms with Crippen LogP contribution in [0.4, 0.5) is 0 Å². The number of hydrogen-bond acceptors (Lipinski definition) is 5. The van der Waals surface area contributed by atoms with Crippen LogP contribution in [0.2, 0.25) is 0 Å². The van der Waals surface area contributed by atoms with Gasteiger partial charge in [0.15, 0.2) is 0 Å². The Morgan fingerprint density at radius 2 is 0.982 bits per heavy atom. The molecular formula is C49H87NO5. The van der Waals surface area contributed by atoms with Crippen molar-refractivity contribution in [2.24, 2.45) is 0 Å². The Labute approximate surface area is 339 Å². The van der Waals surface area contributed by atoms with Crippen LogP contribution in [0.1, 0.15) is 213 Å². The van der Waals surface area contributed by atoms with Crippen LogP contribution in [0.15, 0.2) is 60.8 Å². The first-order valence-corrected chi connectivity index (χ1v) is 23.0. The topological polar surface area (TPSA) is 95.9 Å². The van der Waals surface area contributed by atoms with Crippen molar-refractivity contribution in [1.29, 1.82) is 0 Å². The number of nitrogens with one attached hydrogen (secondary N) is 1. The van der Waals surface area contributed by atoms with E-state index < -0.39 is 18.2 Å². The molecule has 0 fully saturated rings. The van der Waals surface area contributed by atoms with E-state index in [0.717, 1.165) is 103 Å². The van der Waals surface area contributed by atoms with Crippen molar-refractivity contribution < 1.29 is 24.5 Å². The van der Waals surface area contributed by atoms with Gasteiger partial charge in [0, 0.05) is 6.42 Å². The number of hydrogen-bond donors (Lipinski definition) is 3. The number of carbonyl (C=O) groups is 2. The van der Waals surface area contributed by atoms with Crippen LogP contribution < -0.4 is 5.32 Å². The number of carbonyl (C=O) groups excluding carboxylic acids is 2. The Bertz CT molecular complexity index is 999. The Morgan fingerprint density at radius 1 is 0.545 bits per heavy atom. The van der Waals surface area contributed by atoms with Gasteiger partial charge in [0.25, 0.3) is 0 Å². The highest BCUT2D eigenvalue weighted by atomic mass is 16.5. The van der Waals surface area contributed by atoms with Gasteiger partial charge in [-0.25, -0.2) is 0 Å². The van der Waals surface area contributed by atoms with Crippen molar-refractivity contribution in [3.8, 4) is 0 Å². The molecule has 318 valence electrons. The first kappa shape index (κ1) is 52.6. The molecule has 0 spiro atoms. The molecule has 0 rings (SSSR count). The summed E-state index contributed by atoms with van der Waals surface area (Å²) in [6, 6.07) is -0.711. The molecule has 0 heterocycles. The molecule has 0 aromatic carbocycles. The van der Waals surface area contributed by atoms with Crippen LogP contribution in [0.5, 0.6) is 0 Å². The van der Waals surface area contributed by atoms with Crippen molar-refractivity contribution in [3.63, 3.8) is 0 Å². The summed E-state index contributed by atoms with van der Waals surface area (Å²) in [4.78, 5) is 26.0. The second-order valence-electron chi connectivity index (χ2n) is 15.4. The largest absolute Gasteiger partial charge is 0.462 e. The molecule has 6 nitrogen and oxygen atoms in total. The quantitative estimate of drug-likeness (QED) is 0.0328. The minimum absolute atomic E-state index is 0.0520. The predicted molar refractivity (Wildman–Crippen MR) is 236 cm³/mol. The minimum atomic E-state index is -0.796. The van der Waals surface area contributed by atoms with E-state index in [1.54, 1.807) is 0 Å². The first-order chi connectivity index (χ1) is 27.0. The average Bonchev–Trinajstić information content (AvgIpc) is 3.18. The Hall–Kier alpha value is -2.44. The van der Waals surface area contributed by atoms with Gasteiger partial charge in [0.2, 0.25) is 5.91 Å². The molecule has 0 aromatic heterocycles. The van der Waals surface area contributed by atoms with Crippen molar-refractivity contribution in [2.75, 3.05) is 6.61 Å². The minimum Gasteiger partial charge on any atom is -0.462 e. The van der Waals surface area contributed by atoms with Crippen LogP contribution in [-0.2, 0) is 14.3 Å². The number of allylic oxidation sites excluding steroid dienone is 10. The van der Waals surface area contributed by atoms with E-state index in [1.807, 2.05) is 0 Å². The Morgan fingerprint density at radius 3 is 1.55 bits per heavy atom. The fourth-order valence-electron chi connectivity index (χ4n) is 6.59. The zero-order valence-corrected chi connectivity index (χ0v) is 36.0. The van der Waals surface area contributed by atoms with Gasteiger partial charge in [0.1, 0.15) is 6.10 Å². The number of rotatable bonds is 40. The van der Waals surface area contributed by atoms with Gasteiger partial charge < -0.3 is 20.3 Å². The summed E-state index contributed by atoms with van der Waals surface area (Å²) in [5.74, 6) is -0.532. The highest BCUT2D eigenvalue weighted by molar-refractivity contribution is 5.77. The van der Waals surface area contributed by atoms with Gasteiger partial charge >= 0.3 is 5.97 Å². The smallest absolute Gasteiger partial charge is 0.306 e. The molecule has 55 heavy (non-hydrogen) atoms. The van der Waals surface area contributed by atoms with Gasteiger partial charge in [-0.15, -0.1) is 0 Å². The fourth-order valence-corrected chi connectivity index (χ4v) is 6.59. The molecule has 0 aliphatic carbocycles. The van der Waals surface area contributed by atoms with Crippen LogP contribution in [0.3, 0.4) is 0 Å². The second kappa shape index (κ2) is 42.7. The molecule has 1 amide bonds. The second-order valence-corrected chi connectivity index (χ2v) is 15.4. The standard InChI is InChI=1S/C49H87NO5/c1-4-7-10-13-16-19-22-23-24-25-26-27-30-33-36-39-42-49(54)55-45(40-37-34-31-28-20-17-14-11-8-5-2)43-48(53)50-46(44-51)47(52)41-38-35-32-29-21-18-15-12-9-6-3/h7,10,16-17,19-20,23-24,26-27,45-47,51-52H,4-6,8-9,11-15,18,21-22,25,28-44H2,1-3H3,(H,50,53)/b10-7+,19-16+,20-17-,24-23+,27-26+. The summed E-state index contributed by atoms with van der Waals surface area (Å²) < 4.78 is 5.87. The van der Waals surface area contributed by atoms with E-state index >= 15 is 0 Å². The van der Waals surface area contributed by atoms with Gasteiger partial charge in [0.05, 0.1) is 25.2 Å². The predicted octanol–water partition coefficient (Wildman–Crippen LogP) is 13.3. The van der Waals surface area contributed by atoms with Crippen molar-refractivity contribution in [1.82, 2.24) is 5.32 Å². The lowest BCUT2D eigenvalue weighted by atomic mass is 10.0. The van der Waals surface area contributed by atoms with Gasteiger partial charge in [-0.05, 0) is 89.9 Å². The first-order valence-electron chi connectivity index (χ1n) is 23.0. The molecule has 0 saturated heterocycles. The average molecular weight is 770 g/mol. The SMILES string of the molecule is CC/C=C/C/C=C/C/C=C/C/C=C/CCCCCC(=O)OC(CCCCC/C=C\CCCCC)CC(=O)NC(CO)C(O)CCCCCCCCCCCC. The molecule has 0 aliphatic rings. The number of unbranched alkanes of at least 4 members (excludes halogenated alkanes) is 18. The lowest BCUT2D eigenvalue weighted by molar-refractivity contribution is -0.151. The van der Waals surface area contributed by atoms with Crippen LogP contribution >= 0.6 is 0 Å². The molecule has 3 N–H and O–H groups in total. The van der Waals surface area contributed by atoms with Crippen molar-refractivity contribution in [2.45, 2.75) is 232 Å². The highest BCUT2D eigenvalue weighted by Gasteiger charge is 2.24. The van der Waals surface area contributed by atoms with E-state index in [0.29, 0.717) is 19.3 Å². The summed E-state index contributed by atoms with van der Waals surface area (Å²) in [6.45, 7) is 6.30. The van der Waals surface area contributed by atoms with Crippen LogP contribution in [0.25, 0.3) is 0 Å². The zero-order valence-electron chi connectivity index (χ0n) is 36.0. The molecule has 0 radical (unpaired) electrons. The molecule has 0 bridgehead atoms. The van der Waals surface area contributed by atoms with E-state index in [2.05, 4.69) is 86.8 Å². The molecule has 0 aliphatic heterocycles. The zero-order chi connectivity index (χ0) is 40.3. The fraction of sp³-hybridized carbons (Fsp3) is 0.755. The van der Waals surface area contributed by atoms with E-state index in [1.165, 1.54) is 64.2 Å².